The van der Waals surface area contributed by atoms with Crippen LogP contribution >= 0.6 is 0 Å². The quantitative estimate of drug-likeness (QED) is 0.786. The Labute approximate surface area is 146 Å². The fourth-order valence-corrected chi connectivity index (χ4v) is 2.64. The van der Waals surface area contributed by atoms with E-state index in [0.29, 0.717) is 30.8 Å². The molecule has 0 spiro atoms. The lowest BCUT2D eigenvalue weighted by Gasteiger charge is -2.23. The molecule has 0 atom stereocenters. The number of amides is 2. The van der Waals surface area contributed by atoms with Crippen LogP contribution in [0.2, 0.25) is 0 Å². The van der Waals surface area contributed by atoms with Gasteiger partial charge in [-0.1, -0.05) is 18.2 Å². The van der Waals surface area contributed by atoms with Gasteiger partial charge in [-0.2, -0.15) is 0 Å². The first-order valence-electron chi connectivity index (χ1n) is 8.55. The zero-order chi connectivity index (χ0) is 17.6. The molecule has 1 fully saturated rings. The highest BCUT2D eigenvalue weighted by molar-refractivity contribution is 6.06. The molecule has 2 aromatic carbocycles. The second kappa shape index (κ2) is 7.92. The lowest BCUT2D eigenvalue weighted by molar-refractivity contribution is -0.122. The third-order valence-corrected chi connectivity index (χ3v) is 4.21. The summed E-state index contributed by atoms with van der Waals surface area (Å²) in [6.45, 7) is 0.972. The van der Waals surface area contributed by atoms with Gasteiger partial charge in [0.1, 0.15) is 5.82 Å². The normalized spacial score (nSPS) is 13.3. The van der Waals surface area contributed by atoms with Gasteiger partial charge in [0, 0.05) is 30.3 Å². The molecule has 1 N–H and O–H groups in total. The van der Waals surface area contributed by atoms with Gasteiger partial charge >= 0.3 is 0 Å². The maximum absolute atomic E-state index is 13.2. The molecule has 3 rings (SSSR count). The van der Waals surface area contributed by atoms with Crippen LogP contribution in [0.4, 0.5) is 10.1 Å². The molecule has 4 nitrogen and oxygen atoms in total. The summed E-state index contributed by atoms with van der Waals surface area (Å²) in [5, 5.41) is 2.90. The van der Waals surface area contributed by atoms with Crippen LogP contribution in [-0.2, 0) is 4.79 Å². The highest BCUT2D eigenvalue weighted by Crippen LogP contribution is 2.28. The van der Waals surface area contributed by atoms with Crippen molar-refractivity contribution in [1.29, 1.82) is 0 Å². The van der Waals surface area contributed by atoms with Crippen LogP contribution in [0.1, 0.15) is 29.6 Å². The number of hydrogen-bond donors (Lipinski definition) is 1. The summed E-state index contributed by atoms with van der Waals surface area (Å²) in [5.41, 5.74) is 1.22. The first-order chi connectivity index (χ1) is 12.1. The minimum Gasteiger partial charge on any atom is -0.356 e. The van der Waals surface area contributed by atoms with Crippen LogP contribution in [0.15, 0.2) is 54.6 Å². The van der Waals surface area contributed by atoms with Crippen molar-refractivity contribution in [2.24, 2.45) is 5.92 Å². The number of carbonyl (C=O) groups is 2. The molecule has 2 amide bonds. The smallest absolute Gasteiger partial charge is 0.258 e. The van der Waals surface area contributed by atoms with Crippen molar-refractivity contribution in [1.82, 2.24) is 5.32 Å². The molecule has 0 aliphatic heterocycles. The zero-order valence-electron chi connectivity index (χ0n) is 14.0. The van der Waals surface area contributed by atoms with E-state index in [1.165, 1.54) is 12.1 Å². The van der Waals surface area contributed by atoms with Crippen molar-refractivity contribution < 1.29 is 14.0 Å². The number of nitrogens with one attached hydrogen (secondary N) is 1. The van der Waals surface area contributed by atoms with E-state index in [4.69, 9.17) is 0 Å². The van der Waals surface area contributed by atoms with Crippen LogP contribution in [0.5, 0.6) is 0 Å². The van der Waals surface area contributed by atoms with Gasteiger partial charge in [0.25, 0.3) is 5.91 Å². The Balaban J connectivity index is 1.66. The SMILES string of the molecule is O=C(NCCCN(C(=O)c1ccccc1)c1ccc(F)cc1)C1CC1. The van der Waals surface area contributed by atoms with Crippen LogP contribution in [0.3, 0.4) is 0 Å². The van der Waals surface area contributed by atoms with Gasteiger partial charge in [-0.3, -0.25) is 9.59 Å². The van der Waals surface area contributed by atoms with Gasteiger partial charge in [0.2, 0.25) is 5.91 Å². The third-order valence-electron chi connectivity index (χ3n) is 4.21. The molecule has 1 saturated carbocycles. The van der Waals surface area contributed by atoms with Crippen molar-refractivity contribution in [2.75, 3.05) is 18.0 Å². The topological polar surface area (TPSA) is 49.4 Å². The van der Waals surface area contributed by atoms with E-state index in [-0.39, 0.29) is 23.5 Å². The maximum Gasteiger partial charge on any atom is 0.258 e. The number of carbonyl (C=O) groups excluding carboxylic acids is 2. The first-order valence-corrected chi connectivity index (χ1v) is 8.55. The number of benzene rings is 2. The molecule has 1 aliphatic carbocycles. The van der Waals surface area contributed by atoms with Crippen LogP contribution in [0, 0.1) is 11.7 Å². The minimum atomic E-state index is -0.340. The van der Waals surface area contributed by atoms with Crippen LogP contribution in [0.25, 0.3) is 0 Å². The summed E-state index contributed by atoms with van der Waals surface area (Å²) in [4.78, 5) is 26.1. The summed E-state index contributed by atoms with van der Waals surface area (Å²) in [7, 11) is 0. The Kier molecular flexibility index (Phi) is 5.43. The predicted molar refractivity (Wildman–Crippen MR) is 94.9 cm³/mol. The average molecular weight is 340 g/mol. The summed E-state index contributed by atoms with van der Waals surface area (Å²) >= 11 is 0. The Bertz CT molecular complexity index is 727. The van der Waals surface area contributed by atoms with Gasteiger partial charge in [0.15, 0.2) is 0 Å². The Hall–Kier alpha value is -2.69. The Morgan fingerprint density at radius 2 is 1.72 bits per heavy atom. The molecular formula is C20H21FN2O2. The molecule has 0 radical (unpaired) electrons. The molecule has 1 aliphatic rings. The molecule has 25 heavy (non-hydrogen) atoms. The Morgan fingerprint density at radius 1 is 1.04 bits per heavy atom. The molecule has 130 valence electrons. The molecule has 0 unspecified atom stereocenters. The molecule has 0 bridgehead atoms. The van der Waals surface area contributed by atoms with Gasteiger partial charge < -0.3 is 10.2 Å². The van der Waals surface area contributed by atoms with E-state index in [2.05, 4.69) is 5.32 Å². The van der Waals surface area contributed by atoms with E-state index in [1.54, 1.807) is 29.2 Å². The van der Waals surface area contributed by atoms with E-state index in [9.17, 15) is 14.0 Å². The summed E-state index contributed by atoms with van der Waals surface area (Å²) in [5.74, 6) is -0.199. The highest BCUT2D eigenvalue weighted by atomic mass is 19.1. The number of rotatable bonds is 7. The monoisotopic (exact) mass is 340 g/mol. The van der Waals surface area contributed by atoms with Gasteiger partial charge in [-0.15, -0.1) is 0 Å². The minimum absolute atomic E-state index is 0.0997. The zero-order valence-corrected chi connectivity index (χ0v) is 14.0. The standard InChI is InChI=1S/C20H21FN2O2/c21-17-9-11-18(12-10-17)23(20(25)16-5-2-1-3-6-16)14-4-13-22-19(24)15-7-8-15/h1-3,5-6,9-12,15H,4,7-8,13-14H2,(H,22,24). The molecule has 2 aromatic rings. The van der Waals surface area contributed by atoms with E-state index < -0.39 is 0 Å². The number of nitrogens with zero attached hydrogens (tertiary/aromatic N) is 1. The van der Waals surface area contributed by atoms with Gasteiger partial charge in [-0.25, -0.2) is 4.39 Å². The van der Waals surface area contributed by atoms with Crippen molar-refractivity contribution in [3.8, 4) is 0 Å². The second-order valence-corrected chi connectivity index (χ2v) is 6.22. The molecule has 0 saturated heterocycles. The molecule has 0 aromatic heterocycles. The van der Waals surface area contributed by atoms with Gasteiger partial charge in [0.05, 0.1) is 0 Å². The first kappa shape index (κ1) is 17.1. The predicted octanol–water partition coefficient (Wildman–Crippen LogP) is 3.39. The van der Waals surface area contributed by atoms with Crippen molar-refractivity contribution in [2.45, 2.75) is 19.3 Å². The average Bonchev–Trinajstić information content (AvgIpc) is 3.48. The molecule has 5 heteroatoms. The summed E-state index contributed by atoms with van der Waals surface area (Å²) in [6, 6.07) is 14.9. The maximum atomic E-state index is 13.2. The van der Waals surface area contributed by atoms with E-state index in [0.717, 1.165) is 12.8 Å². The number of halogens is 1. The third kappa shape index (κ3) is 4.66. The lowest BCUT2D eigenvalue weighted by Crippen LogP contribution is -2.34. The van der Waals surface area contributed by atoms with Crippen LogP contribution in [-0.4, -0.2) is 24.9 Å². The van der Waals surface area contributed by atoms with Crippen molar-refractivity contribution >= 4 is 17.5 Å². The largest absolute Gasteiger partial charge is 0.356 e. The lowest BCUT2D eigenvalue weighted by atomic mass is 10.1. The summed E-state index contributed by atoms with van der Waals surface area (Å²) in [6.07, 6.45) is 2.58. The fraction of sp³-hybridized carbons (Fsp3) is 0.300. The van der Waals surface area contributed by atoms with E-state index in [1.807, 2.05) is 18.2 Å². The number of anilines is 1. The van der Waals surface area contributed by atoms with Crippen molar-refractivity contribution in [3.05, 3.63) is 66.0 Å². The fourth-order valence-electron chi connectivity index (χ4n) is 2.64. The highest BCUT2D eigenvalue weighted by Gasteiger charge is 2.29. The van der Waals surface area contributed by atoms with E-state index >= 15 is 0 Å². The number of hydrogen-bond acceptors (Lipinski definition) is 2. The summed E-state index contributed by atoms with van der Waals surface area (Å²) < 4.78 is 13.2. The Morgan fingerprint density at radius 3 is 2.36 bits per heavy atom. The second-order valence-electron chi connectivity index (χ2n) is 6.22. The van der Waals surface area contributed by atoms with Gasteiger partial charge in [-0.05, 0) is 55.7 Å². The van der Waals surface area contributed by atoms with Crippen molar-refractivity contribution in [3.63, 3.8) is 0 Å². The van der Waals surface area contributed by atoms with Crippen LogP contribution < -0.4 is 10.2 Å². The molecular weight excluding hydrogens is 319 g/mol. The molecule has 0 heterocycles.